The molecule has 182 valence electrons. The van der Waals surface area contributed by atoms with Crippen LogP contribution in [0.25, 0.3) is 0 Å². The van der Waals surface area contributed by atoms with E-state index >= 15 is 0 Å². The number of rotatable bonds is 7. The number of ether oxygens (including phenoxy) is 2. The Balaban J connectivity index is 1.57. The number of hydrogen-bond donors (Lipinski definition) is 1. The Morgan fingerprint density at radius 1 is 1.06 bits per heavy atom. The molecule has 0 saturated carbocycles. The van der Waals surface area contributed by atoms with Crippen molar-refractivity contribution in [3.63, 3.8) is 0 Å². The largest absolute Gasteiger partial charge is 0.462 e. The second-order valence-electron chi connectivity index (χ2n) is 7.90. The van der Waals surface area contributed by atoms with Crippen LogP contribution < -0.4 is 10.2 Å². The molecule has 0 atom stereocenters. The summed E-state index contributed by atoms with van der Waals surface area (Å²) in [4.78, 5) is 54.0. The molecule has 2 heterocycles. The first-order chi connectivity index (χ1) is 16.9. The molecule has 2 aromatic carbocycles. The van der Waals surface area contributed by atoms with E-state index in [1.54, 1.807) is 41.3 Å². The number of hydrogen-bond acceptors (Lipinski definition) is 7. The highest BCUT2D eigenvalue weighted by atomic mass is 35.5. The molecule has 0 aliphatic carbocycles. The van der Waals surface area contributed by atoms with Gasteiger partial charge in [0.05, 0.1) is 31.1 Å². The highest BCUT2D eigenvalue weighted by Crippen LogP contribution is 2.32. The van der Waals surface area contributed by atoms with Gasteiger partial charge in [0.25, 0.3) is 17.7 Å². The van der Waals surface area contributed by atoms with Crippen LogP contribution in [-0.2, 0) is 19.1 Å². The van der Waals surface area contributed by atoms with Gasteiger partial charge in [-0.15, -0.1) is 0 Å². The first kappa shape index (κ1) is 24.4. The lowest BCUT2D eigenvalue weighted by Crippen LogP contribution is -2.40. The average Bonchev–Trinajstić information content (AvgIpc) is 3.10. The molecule has 4 rings (SSSR count). The van der Waals surface area contributed by atoms with Crippen molar-refractivity contribution in [2.45, 2.75) is 13.3 Å². The molecule has 0 spiro atoms. The molecule has 2 aliphatic rings. The maximum atomic E-state index is 13.2. The minimum atomic E-state index is -0.768. The van der Waals surface area contributed by atoms with E-state index in [-0.39, 0.29) is 34.5 Å². The first-order valence-corrected chi connectivity index (χ1v) is 11.6. The van der Waals surface area contributed by atoms with Crippen LogP contribution in [0, 0.1) is 0 Å². The molecule has 2 aromatic rings. The number of para-hydroxylation sites is 1. The third-order valence-electron chi connectivity index (χ3n) is 5.51. The van der Waals surface area contributed by atoms with Crippen LogP contribution in [0.2, 0.25) is 0 Å². The first-order valence-electron chi connectivity index (χ1n) is 11.2. The maximum Gasteiger partial charge on any atom is 0.340 e. The molecule has 0 aromatic heterocycles. The van der Waals surface area contributed by atoms with Crippen molar-refractivity contribution in [1.82, 2.24) is 4.90 Å². The molecule has 0 bridgehead atoms. The van der Waals surface area contributed by atoms with Crippen molar-refractivity contribution in [1.29, 1.82) is 0 Å². The minimum absolute atomic E-state index is 0.0754. The number of amides is 3. The van der Waals surface area contributed by atoms with E-state index in [0.29, 0.717) is 44.0 Å². The van der Waals surface area contributed by atoms with Crippen LogP contribution in [0.15, 0.2) is 59.3 Å². The third kappa shape index (κ3) is 5.06. The SMILES string of the molecule is CCCOC(=O)c1ccccc1N1C(=O)C(Cl)=C(Nc2cccc(C(=O)N3CCOCC3)c2)C1=O. The van der Waals surface area contributed by atoms with Gasteiger partial charge in [0.1, 0.15) is 10.7 Å². The summed E-state index contributed by atoms with van der Waals surface area (Å²) in [5.41, 5.74) is 0.841. The van der Waals surface area contributed by atoms with Gasteiger partial charge in [-0.25, -0.2) is 9.69 Å². The monoisotopic (exact) mass is 497 g/mol. The normalized spacial score (nSPS) is 16.1. The Morgan fingerprint density at radius 3 is 2.54 bits per heavy atom. The molecule has 3 amide bonds. The van der Waals surface area contributed by atoms with E-state index in [1.165, 1.54) is 12.1 Å². The van der Waals surface area contributed by atoms with E-state index in [0.717, 1.165) is 4.90 Å². The van der Waals surface area contributed by atoms with Gasteiger partial charge in [0.15, 0.2) is 0 Å². The summed E-state index contributed by atoms with van der Waals surface area (Å²) in [6.07, 6.45) is 0.629. The second kappa shape index (κ2) is 10.7. The highest BCUT2D eigenvalue weighted by Gasteiger charge is 2.40. The maximum absolute atomic E-state index is 13.2. The molecular weight excluding hydrogens is 474 g/mol. The van der Waals surface area contributed by atoms with E-state index in [9.17, 15) is 19.2 Å². The summed E-state index contributed by atoms with van der Waals surface area (Å²) in [7, 11) is 0. The number of morpholine rings is 1. The summed E-state index contributed by atoms with van der Waals surface area (Å²) >= 11 is 6.26. The van der Waals surface area contributed by atoms with E-state index < -0.39 is 17.8 Å². The van der Waals surface area contributed by atoms with Crippen molar-refractivity contribution in [3.8, 4) is 0 Å². The number of imide groups is 1. The standard InChI is InChI=1S/C25H24ClN3O6/c1-2-12-35-25(33)18-8-3-4-9-19(18)29-23(31)20(26)21(24(29)32)27-17-7-5-6-16(15-17)22(30)28-10-13-34-14-11-28/h3-9,15,27H,2,10-14H2,1H3. The predicted octanol–water partition coefficient (Wildman–Crippen LogP) is 3.16. The number of carbonyl (C=O) groups is 4. The molecule has 9 nitrogen and oxygen atoms in total. The van der Waals surface area contributed by atoms with Gasteiger partial charge in [-0.2, -0.15) is 0 Å². The second-order valence-corrected chi connectivity index (χ2v) is 8.28. The van der Waals surface area contributed by atoms with Crippen molar-refractivity contribution in [2.24, 2.45) is 0 Å². The van der Waals surface area contributed by atoms with Gasteiger partial charge in [-0.1, -0.05) is 36.7 Å². The smallest absolute Gasteiger partial charge is 0.340 e. The van der Waals surface area contributed by atoms with Crippen molar-refractivity contribution < 1.29 is 28.7 Å². The Bertz CT molecular complexity index is 1210. The quantitative estimate of drug-likeness (QED) is 0.462. The van der Waals surface area contributed by atoms with Gasteiger partial charge in [-0.3, -0.25) is 14.4 Å². The molecular formula is C25H24ClN3O6. The molecule has 10 heteroatoms. The molecule has 1 saturated heterocycles. The fourth-order valence-corrected chi connectivity index (χ4v) is 3.98. The van der Waals surface area contributed by atoms with Gasteiger partial charge in [0.2, 0.25) is 0 Å². The molecule has 0 unspecified atom stereocenters. The minimum Gasteiger partial charge on any atom is -0.462 e. The van der Waals surface area contributed by atoms with E-state index in [1.807, 2.05) is 6.92 Å². The zero-order chi connectivity index (χ0) is 24.9. The number of nitrogens with zero attached hydrogens (tertiary/aromatic N) is 2. The average molecular weight is 498 g/mol. The Kier molecular flexibility index (Phi) is 7.48. The number of benzene rings is 2. The number of esters is 1. The number of carbonyl (C=O) groups excluding carboxylic acids is 4. The summed E-state index contributed by atoms with van der Waals surface area (Å²) in [5, 5.41) is 2.55. The fourth-order valence-electron chi connectivity index (χ4n) is 3.77. The lowest BCUT2D eigenvalue weighted by molar-refractivity contribution is -0.120. The molecule has 35 heavy (non-hydrogen) atoms. The van der Waals surface area contributed by atoms with Crippen molar-refractivity contribution in [3.05, 3.63) is 70.4 Å². The van der Waals surface area contributed by atoms with Crippen LogP contribution in [-0.4, -0.2) is 61.5 Å². The van der Waals surface area contributed by atoms with Crippen LogP contribution >= 0.6 is 11.6 Å². The fraction of sp³-hybridized carbons (Fsp3) is 0.280. The molecule has 0 radical (unpaired) electrons. The van der Waals surface area contributed by atoms with Crippen molar-refractivity contribution in [2.75, 3.05) is 43.1 Å². The van der Waals surface area contributed by atoms with Crippen LogP contribution in [0.4, 0.5) is 11.4 Å². The molecule has 2 aliphatic heterocycles. The summed E-state index contributed by atoms with van der Waals surface area (Å²) < 4.78 is 10.5. The lowest BCUT2D eigenvalue weighted by atomic mass is 10.1. The van der Waals surface area contributed by atoms with Crippen LogP contribution in [0.3, 0.4) is 0 Å². The zero-order valence-corrected chi connectivity index (χ0v) is 19.8. The Morgan fingerprint density at radius 2 is 1.80 bits per heavy atom. The Labute approximate surface area is 207 Å². The van der Waals surface area contributed by atoms with Gasteiger partial charge in [0, 0.05) is 24.3 Å². The van der Waals surface area contributed by atoms with Gasteiger partial charge < -0.3 is 19.7 Å². The van der Waals surface area contributed by atoms with Crippen LogP contribution in [0.5, 0.6) is 0 Å². The zero-order valence-electron chi connectivity index (χ0n) is 19.1. The number of halogens is 1. The van der Waals surface area contributed by atoms with Crippen LogP contribution in [0.1, 0.15) is 34.1 Å². The Hall–Kier alpha value is -3.69. The molecule has 1 fully saturated rings. The van der Waals surface area contributed by atoms with E-state index in [4.69, 9.17) is 21.1 Å². The highest BCUT2D eigenvalue weighted by molar-refractivity contribution is 6.53. The van der Waals surface area contributed by atoms with E-state index in [2.05, 4.69) is 5.32 Å². The summed E-state index contributed by atoms with van der Waals surface area (Å²) in [6, 6.07) is 12.8. The summed E-state index contributed by atoms with van der Waals surface area (Å²) in [5.74, 6) is -2.29. The molecule has 1 N–H and O–H groups in total. The van der Waals surface area contributed by atoms with Crippen molar-refractivity contribution >= 4 is 46.7 Å². The lowest BCUT2D eigenvalue weighted by Gasteiger charge is -2.27. The number of nitrogens with one attached hydrogen (secondary N) is 1. The predicted molar refractivity (Wildman–Crippen MR) is 129 cm³/mol. The summed E-state index contributed by atoms with van der Waals surface area (Å²) in [6.45, 7) is 4.02. The topological polar surface area (TPSA) is 105 Å². The third-order valence-corrected chi connectivity index (χ3v) is 5.86. The van der Waals surface area contributed by atoms with Gasteiger partial charge in [-0.05, 0) is 36.8 Å². The number of anilines is 2. The van der Waals surface area contributed by atoms with Gasteiger partial charge >= 0.3 is 5.97 Å².